The Labute approximate surface area is 131 Å². The normalized spacial score (nSPS) is 19.3. The molecule has 2 heterocycles. The van der Waals surface area contributed by atoms with Gasteiger partial charge in [0.25, 0.3) is 0 Å². The molecule has 1 fully saturated rings. The number of nitrogens with one attached hydrogen (secondary N) is 1. The Morgan fingerprint density at radius 1 is 1.55 bits per heavy atom. The molecule has 1 aliphatic heterocycles. The molecule has 0 saturated carbocycles. The summed E-state index contributed by atoms with van der Waals surface area (Å²) in [5.74, 6) is 0. The van der Waals surface area contributed by atoms with Crippen molar-refractivity contribution in [2.24, 2.45) is 7.05 Å². The second-order valence-corrected chi connectivity index (χ2v) is 6.48. The van der Waals surface area contributed by atoms with Crippen molar-refractivity contribution >= 4 is 6.09 Å². The van der Waals surface area contributed by atoms with Gasteiger partial charge in [-0.25, -0.2) is 4.79 Å². The van der Waals surface area contributed by atoms with Crippen molar-refractivity contribution < 1.29 is 14.3 Å². The Balaban J connectivity index is 1.87. The highest BCUT2D eigenvalue weighted by molar-refractivity contribution is 5.68. The van der Waals surface area contributed by atoms with Crippen LogP contribution in [0.25, 0.3) is 0 Å². The van der Waals surface area contributed by atoms with E-state index in [0.717, 1.165) is 5.69 Å². The molecule has 1 saturated heterocycles. The molecule has 1 aromatic heterocycles. The Hall–Kier alpha value is -1.60. The Bertz CT molecular complexity index is 495. The average molecular weight is 310 g/mol. The first-order valence-corrected chi connectivity index (χ1v) is 7.62. The number of nitrogens with zero attached hydrogens (tertiary/aromatic N) is 3. The first-order valence-electron chi connectivity index (χ1n) is 7.62. The van der Waals surface area contributed by atoms with Gasteiger partial charge in [-0.15, -0.1) is 0 Å². The standard InChI is InChI=1S/C15H26N4O3/c1-15(2,3)22-14(20)19-7-8-21-11-13(19)10-16-9-12-5-6-17-18(12)4/h5-6,13,16H,7-11H2,1-4H3. The lowest BCUT2D eigenvalue weighted by Crippen LogP contribution is -2.54. The largest absolute Gasteiger partial charge is 0.444 e. The van der Waals surface area contributed by atoms with E-state index in [9.17, 15) is 4.79 Å². The molecule has 1 aromatic rings. The third kappa shape index (κ3) is 4.71. The van der Waals surface area contributed by atoms with Crippen LogP contribution in [-0.2, 0) is 23.1 Å². The summed E-state index contributed by atoms with van der Waals surface area (Å²) in [6.07, 6.45) is 1.50. The highest BCUT2D eigenvalue weighted by atomic mass is 16.6. The SMILES string of the molecule is Cn1nccc1CNCC1COCCN1C(=O)OC(C)(C)C. The third-order valence-electron chi connectivity index (χ3n) is 3.46. The minimum Gasteiger partial charge on any atom is -0.444 e. The van der Waals surface area contributed by atoms with Crippen molar-refractivity contribution in [3.63, 3.8) is 0 Å². The summed E-state index contributed by atoms with van der Waals surface area (Å²) in [5, 5.41) is 7.49. The Morgan fingerprint density at radius 3 is 2.95 bits per heavy atom. The van der Waals surface area contributed by atoms with Gasteiger partial charge >= 0.3 is 6.09 Å². The lowest BCUT2D eigenvalue weighted by Gasteiger charge is -2.36. The lowest BCUT2D eigenvalue weighted by molar-refractivity contribution is -0.0317. The fraction of sp³-hybridized carbons (Fsp3) is 0.733. The van der Waals surface area contributed by atoms with Crippen LogP contribution in [0.3, 0.4) is 0 Å². The number of aryl methyl sites for hydroxylation is 1. The molecule has 1 amide bonds. The van der Waals surface area contributed by atoms with Gasteiger partial charge in [-0.1, -0.05) is 0 Å². The monoisotopic (exact) mass is 310 g/mol. The number of morpholine rings is 1. The molecule has 0 aliphatic carbocycles. The molecule has 1 aliphatic rings. The maximum absolute atomic E-state index is 12.3. The van der Waals surface area contributed by atoms with Crippen molar-refractivity contribution in [3.8, 4) is 0 Å². The van der Waals surface area contributed by atoms with Gasteiger partial charge in [0.1, 0.15) is 5.60 Å². The summed E-state index contributed by atoms with van der Waals surface area (Å²) in [7, 11) is 1.91. The zero-order valence-corrected chi connectivity index (χ0v) is 13.8. The second kappa shape index (κ2) is 7.11. The molecule has 0 bridgehead atoms. The molecular formula is C15H26N4O3. The van der Waals surface area contributed by atoms with Gasteiger partial charge in [-0.3, -0.25) is 9.58 Å². The van der Waals surface area contributed by atoms with Crippen LogP contribution in [0.15, 0.2) is 12.3 Å². The molecule has 124 valence electrons. The summed E-state index contributed by atoms with van der Waals surface area (Å²) in [6, 6.07) is 1.95. The predicted molar refractivity (Wildman–Crippen MR) is 82.5 cm³/mol. The number of ether oxygens (including phenoxy) is 2. The van der Waals surface area contributed by atoms with Crippen LogP contribution < -0.4 is 5.32 Å². The van der Waals surface area contributed by atoms with Crippen molar-refractivity contribution in [2.45, 2.75) is 39.0 Å². The van der Waals surface area contributed by atoms with Gasteiger partial charge in [0.15, 0.2) is 0 Å². The maximum atomic E-state index is 12.3. The molecule has 1 N–H and O–H groups in total. The van der Waals surface area contributed by atoms with Crippen molar-refractivity contribution in [3.05, 3.63) is 18.0 Å². The number of rotatable bonds is 4. The van der Waals surface area contributed by atoms with Crippen LogP contribution in [0.1, 0.15) is 26.5 Å². The maximum Gasteiger partial charge on any atom is 0.410 e. The van der Waals surface area contributed by atoms with Crippen LogP contribution in [0, 0.1) is 0 Å². The minimum atomic E-state index is -0.484. The molecule has 2 rings (SSSR count). The van der Waals surface area contributed by atoms with Crippen LogP contribution in [0.5, 0.6) is 0 Å². The van der Waals surface area contributed by atoms with E-state index >= 15 is 0 Å². The van der Waals surface area contributed by atoms with Crippen LogP contribution in [0.4, 0.5) is 4.79 Å². The second-order valence-electron chi connectivity index (χ2n) is 6.48. The Morgan fingerprint density at radius 2 is 2.32 bits per heavy atom. The van der Waals surface area contributed by atoms with E-state index in [4.69, 9.17) is 9.47 Å². The first-order chi connectivity index (χ1) is 10.4. The fourth-order valence-corrected chi connectivity index (χ4v) is 2.33. The van der Waals surface area contributed by atoms with Gasteiger partial charge in [0, 0.05) is 32.9 Å². The third-order valence-corrected chi connectivity index (χ3v) is 3.46. The molecule has 1 atom stereocenters. The number of amides is 1. The van der Waals surface area contributed by atoms with Gasteiger partial charge in [-0.05, 0) is 26.8 Å². The highest BCUT2D eigenvalue weighted by Gasteiger charge is 2.30. The Kier molecular flexibility index (Phi) is 5.42. The molecule has 0 radical (unpaired) electrons. The highest BCUT2D eigenvalue weighted by Crippen LogP contribution is 2.14. The molecule has 22 heavy (non-hydrogen) atoms. The van der Waals surface area contributed by atoms with Crippen LogP contribution in [0.2, 0.25) is 0 Å². The smallest absolute Gasteiger partial charge is 0.410 e. The summed E-state index contributed by atoms with van der Waals surface area (Å²) in [5.41, 5.74) is 0.614. The number of carbonyl (C=O) groups excluding carboxylic acids is 1. The van der Waals surface area contributed by atoms with Crippen LogP contribution in [-0.4, -0.2) is 58.7 Å². The summed E-state index contributed by atoms with van der Waals surface area (Å²) in [6.45, 7) is 8.63. The molecule has 1 unspecified atom stereocenters. The van der Waals surface area contributed by atoms with Crippen molar-refractivity contribution in [1.82, 2.24) is 20.0 Å². The topological polar surface area (TPSA) is 68.6 Å². The van der Waals surface area contributed by atoms with E-state index in [-0.39, 0.29) is 12.1 Å². The summed E-state index contributed by atoms with van der Waals surface area (Å²) < 4.78 is 12.8. The number of aromatic nitrogens is 2. The average Bonchev–Trinajstić information content (AvgIpc) is 2.83. The van der Waals surface area contributed by atoms with Crippen molar-refractivity contribution in [2.75, 3.05) is 26.3 Å². The van der Waals surface area contributed by atoms with Gasteiger partial charge in [-0.2, -0.15) is 5.10 Å². The van der Waals surface area contributed by atoms with Gasteiger partial charge in [0.05, 0.1) is 24.9 Å². The van der Waals surface area contributed by atoms with E-state index in [1.54, 1.807) is 11.1 Å². The molecule has 0 aromatic carbocycles. The van der Waals surface area contributed by atoms with E-state index in [1.807, 2.05) is 38.6 Å². The van der Waals surface area contributed by atoms with Crippen LogP contribution >= 0.6 is 0 Å². The molecular weight excluding hydrogens is 284 g/mol. The van der Waals surface area contributed by atoms with E-state index in [1.165, 1.54) is 0 Å². The number of hydrogen-bond donors (Lipinski definition) is 1. The first kappa shape index (κ1) is 16.8. The lowest BCUT2D eigenvalue weighted by atomic mass is 10.2. The van der Waals surface area contributed by atoms with E-state index in [2.05, 4.69) is 10.4 Å². The zero-order chi connectivity index (χ0) is 16.2. The molecule has 0 spiro atoms. The van der Waals surface area contributed by atoms with Gasteiger partial charge < -0.3 is 14.8 Å². The minimum absolute atomic E-state index is 0.0168. The van der Waals surface area contributed by atoms with E-state index < -0.39 is 5.60 Å². The molecule has 7 nitrogen and oxygen atoms in total. The molecule has 7 heteroatoms. The zero-order valence-electron chi connectivity index (χ0n) is 13.8. The van der Waals surface area contributed by atoms with E-state index in [0.29, 0.717) is 32.8 Å². The summed E-state index contributed by atoms with van der Waals surface area (Å²) in [4.78, 5) is 14.0. The van der Waals surface area contributed by atoms with Gasteiger partial charge in [0.2, 0.25) is 0 Å². The quantitative estimate of drug-likeness (QED) is 0.903. The van der Waals surface area contributed by atoms with Crippen molar-refractivity contribution in [1.29, 1.82) is 0 Å². The summed E-state index contributed by atoms with van der Waals surface area (Å²) >= 11 is 0. The predicted octanol–water partition coefficient (Wildman–Crippen LogP) is 1.15. The number of hydrogen-bond acceptors (Lipinski definition) is 5. The number of carbonyl (C=O) groups is 1. The fourth-order valence-electron chi connectivity index (χ4n) is 2.33.